The van der Waals surface area contributed by atoms with Crippen LogP contribution in [0.2, 0.25) is 0 Å². The molecule has 26 heavy (non-hydrogen) atoms. The molecular weight excluding hydrogens is 334 g/mol. The predicted octanol–water partition coefficient (Wildman–Crippen LogP) is 2.89. The number of rotatable bonds is 8. The summed E-state index contributed by atoms with van der Waals surface area (Å²) in [5.74, 6) is -1.08. The lowest BCUT2D eigenvalue weighted by Gasteiger charge is -2.24. The van der Waals surface area contributed by atoms with E-state index in [1.807, 2.05) is 44.2 Å². The molecule has 0 saturated heterocycles. The van der Waals surface area contributed by atoms with Gasteiger partial charge in [-0.2, -0.15) is 5.10 Å². The average Bonchev–Trinajstić information content (AvgIpc) is 3.05. The highest BCUT2D eigenvalue weighted by Gasteiger charge is 2.34. The standard InChI is InChI=1S/C19H25N3O4/c1-5-19(4,18(24)25)20-17(23)16-15(26-12-13(2)3)11-22(21-16)14-9-7-6-8-10-14/h6-11,13H,5,12H2,1-4H3,(H,20,23)(H,24,25). The third kappa shape index (κ3) is 4.41. The van der Waals surface area contributed by atoms with Crippen molar-refractivity contribution in [2.45, 2.75) is 39.7 Å². The number of nitrogens with zero attached hydrogens (tertiary/aromatic N) is 2. The average molecular weight is 359 g/mol. The second-order valence-electron chi connectivity index (χ2n) is 6.77. The molecule has 0 bridgehead atoms. The number of aromatic nitrogens is 2. The van der Waals surface area contributed by atoms with Crippen molar-refractivity contribution in [2.75, 3.05) is 6.61 Å². The minimum absolute atomic E-state index is 0.0652. The number of para-hydroxylation sites is 1. The summed E-state index contributed by atoms with van der Waals surface area (Å²) in [6, 6.07) is 9.33. The molecular formula is C19H25N3O4. The SMILES string of the molecule is CCC(C)(NC(=O)c1nn(-c2ccccc2)cc1OCC(C)C)C(=O)O. The van der Waals surface area contributed by atoms with E-state index in [0.717, 1.165) is 5.69 Å². The highest BCUT2D eigenvalue weighted by Crippen LogP contribution is 2.22. The molecule has 0 spiro atoms. The molecule has 1 unspecified atom stereocenters. The van der Waals surface area contributed by atoms with Crippen molar-refractivity contribution in [3.63, 3.8) is 0 Å². The maximum absolute atomic E-state index is 12.7. The minimum atomic E-state index is -1.37. The third-order valence-corrected chi connectivity index (χ3v) is 4.06. The lowest BCUT2D eigenvalue weighted by Crippen LogP contribution is -2.51. The molecule has 0 fully saturated rings. The lowest BCUT2D eigenvalue weighted by atomic mass is 9.99. The molecule has 2 rings (SSSR count). The van der Waals surface area contributed by atoms with Crippen LogP contribution in [0.1, 0.15) is 44.6 Å². The highest BCUT2D eigenvalue weighted by molar-refractivity contribution is 5.98. The van der Waals surface area contributed by atoms with Gasteiger partial charge in [0.05, 0.1) is 18.5 Å². The van der Waals surface area contributed by atoms with Gasteiger partial charge in [0.15, 0.2) is 11.4 Å². The van der Waals surface area contributed by atoms with E-state index in [0.29, 0.717) is 12.4 Å². The Morgan fingerprint density at radius 3 is 2.50 bits per heavy atom. The number of carbonyl (C=O) groups is 2. The molecule has 7 nitrogen and oxygen atoms in total. The Morgan fingerprint density at radius 1 is 1.31 bits per heavy atom. The number of nitrogens with one attached hydrogen (secondary N) is 1. The summed E-state index contributed by atoms with van der Waals surface area (Å²) in [4.78, 5) is 24.2. The maximum Gasteiger partial charge on any atom is 0.329 e. The molecule has 1 aromatic heterocycles. The van der Waals surface area contributed by atoms with Crippen molar-refractivity contribution in [1.82, 2.24) is 15.1 Å². The first-order valence-corrected chi connectivity index (χ1v) is 8.60. The van der Waals surface area contributed by atoms with Crippen LogP contribution < -0.4 is 10.1 Å². The van der Waals surface area contributed by atoms with E-state index >= 15 is 0 Å². The van der Waals surface area contributed by atoms with Crippen LogP contribution in [-0.2, 0) is 4.79 Å². The predicted molar refractivity (Wildman–Crippen MR) is 97.7 cm³/mol. The Balaban J connectivity index is 2.36. The number of amides is 1. The van der Waals surface area contributed by atoms with Gasteiger partial charge in [0, 0.05) is 0 Å². The quantitative estimate of drug-likeness (QED) is 0.756. The molecule has 0 aliphatic heterocycles. The van der Waals surface area contributed by atoms with E-state index in [2.05, 4.69) is 10.4 Å². The molecule has 0 aliphatic rings. The Hall–Kier alpha value is -2.83. The normalized spacial score (nSPS) is 13.3. The van der Waals surface area contributed by atoms with Crippen molar-refractivity contribution in [3.05, 3.63) is 42.2 Å². The molecule has 2 N–H and O–H groups in total. The van der Waals surface area contributed by atoms with Gasteiger partial charge in [-0.15, -0.1) is 0 Å². The van der Waals surface area contributed by atoms with E-state index in [1.165, 1.54) is 6.92 Å². The lowest BCUT2D eigenvalue weighted by molar-refractivity contribution is -0.143. The van der Waals surface area contributed by atoms with Crippen molar-refractivity contribution in [3.8, 4) is 11.4 Å². The monoisotopic (exact) mass is 359 g/mol. The number of aliphatic carboxylic acids is 1. The number of benzene rings is 1. The first kappa shape index (κ1) is 19.5. The fraction of sp³-hybridized carbons (Fsp3) is 0.421. The molecule has 1 atom stereocenters. The zero-order valence-electron chi connectivity index (χ0n) is 15.5. The molecule has 1 amide bonds. The summed E-state index contributed by atoms with van der Waals surface area (Å²) in [6.07, 6.45) is 1.88. The minimum Gasteiger partial charge on any atom is -0.489 e. The zero-order chi connectivity index (χ0) is 19.3. The van der Waals surface area contributed by atoms with E-state index in [-0.39, 0.29) is 18.0 Å². The van der Waals surface area contributed by atoms with Crippen LogP contribution >= 0.6 is 0 Å². The first-order chi connectivity index (χ1) is 12.3. The summed E-state index contributed by atoms with van der Waals surface area (Å²) >= 11 is 0. The molecule has 140 valence electrons. The third-order valence-electron chi connectivity index (χ3n) is 4.06. The largest absolute Gasteiger partial charge is 0.489 e. The first-order valence-electron chi connectivity index (χ1n) is 8.60. The van der Waals surface area contributed by atoms with Gasteiger partial charge < -0.3 is 15.2 Å². The number of hydrogen-bond donors (Lipinski definition) is 2. The summed E-state index contributed by atoms with van der Waals surface area (Å²) in [6.45, 7) is 7.59. The summed E-state index contributed by atoms with van der Waals surface area (Å²) in [5, 5.41) is 16.3. The van der Waals surface area contributed by atoms with Crippen molar-refractivity contribution in [2.24, 2.45) is 5.92 Å². The Kier molecular flexibility index (Phi) is 6.02. The highest BCUT2D eigenvalue weighted by atomic mass is 16.5. The van der Waals surface area contributed by atoms with Gasteiger partial charge in [-0.25, -0.2) is 9.48 Å². The van der Waals surface area contributed by atoms with Crippen LogP contribution in [0.15, 0.2) is 36.5 Å². The van der Waals surface area contributed by atoms with Crippen LogP contribution in [0.4, 0.5) is 0 Å². The number of carbonyl (C=O) groups excluding carboxylic acids is 1. The Morgan fingerprint density at radius 2 is 1.96 bits per heavy atom. The molecule has 0 radical (unpaired) electrons. The molecule has 1 aromatic carbocycles. The van der Waals surface area contributed by atoms with Crippen molar-refractivity contribution >= 4 is 11.9 Å². The Bertz CT molecular complexity index is 770. The van der Waals surface area contributed by atoms with Gasteiger partial charge in [-0.05, 0) is 31.4 Å². The Labute approximate surface area is 153 Å². The fourth-order valence-electron chi connectivity index (χ4n) is 2.19. The molecule has 2 aromatic rings. The van der Waals surface area contributed by atoms with Crippen molar-refractivity contribution in [1.29, 1.82) is 0 Å². The second kappa shape index (κ2) is 8.03. The zero-order valence-corrected chi connectivity index (χ0v) is 15.5. The van der Waals surface area contributed by atoms with Gasteiger partial charge in [0.2, 0.25) is 0 Å². The molecule has 0 saturated carbocycles. The van der Waals surface area contributed by atoms with E-state index in [4.69, 9.17) is 4.74 Å². The molecule has 1 heterocycles. The molecule has 0 aliphatic carbocycles. The number of hydrogen-bond acceptors (Lipinski definition) is 4. The van der Waals surface area contributed by atoms with Crippen LogP contribution in [-0.4, -0.2) is 38.9 Å². The number of carboxylic acid groups (broad SMARTS) is 1. The topological polar surface area (TPSA) is 93.5 Å². The number of carboxylic acids is 1. The second-order valence-corrected chi connectivity index (χ2v) is 6.77. The molecule has 7 heteroatoms. The summed E-state index contributed by atoms with van der Waals surface area (Å²) < 4.78 is 7.29. The van der Waals surface area contributed by atoms with Gasteiger partial charge in [-0.3, -0.25) is 4.79 Å². The van der Waals surface area contributed by atoms with E-state index in [1.54, 1.807) is 17.8 Å². The maximum atomic E-state index is 12.7. The van der Waals surface area contributed by atoms with Gasteiger partial charge in [0.1, 0.15) is 5.54 Å². The van der Waals surface area contributed by atoms with Crippen LogP contribution in [0.5, 0.6) is 5.75 Å². The van der Waals surface area contributed by atoms with Crippen LogP contribution in [0, 0.1) is 5.92 Å². The van der Waals surface area contributed by atoms with Gasteiger partial charge >= 0.3 is 5.97 Å². The summed E-state index contributed by atoms with van der Waals surface area (Å²) in [5.41, 5.74) is -0.531. The fourth-order valence-corrected chi connectivity index (χ4v) is 2.19. The van der Waals surface area contributed by atoms with Crippen LogP contribution in [0.3, 0.4) is 0 Å². The van der Waals surface area contributed by atoms with Gasteiger partial charge in [-0.1, -0.05) is 39.0 Å². The number of ether oxygens (including phenoxy) is 1. The smallest absolute Gasteiger partial charge is 0.329 e. The van der Waals surface area contributed by atoms with Crippen LogP contribution in [0.25, 0.3) is 5.69 Å². The van der Waals surface area contributed by atoms with E-state index < -0.39 is 17.4 Å². The van der Waals surface area contributed by atoms with Gasteiger partial charge in [0.25, 0.3) is 5.91 Å². The van der Waals surface area contributed by atoms with Crippen molar-refractivity contribution < 1.29 is 19.4 Å². The van der Waals surface area contributed by atoms with E-state index in [9.17, 15) is 14.7 Å². The summed E-state index contributed by atoms with van der Waals surface area (Å²) in [7, 11) is 0.